The highest BCUT2D eigenvalue weighted by molar-refractivity contribution is 6.32. The molecule has 1 atom stereocenters. The minimum atomic E-state index is 0.254. The van der Waals surface area contributed by atoms with Crippen molar-refractivity contribution in [2.75, 3.05) is 6.54 Å². The van der Waals surface area contributed by atoms with Crippen LogP contribution < -0.4 is 10.1 Å². The minimum absolute atomic E-state index is 0.254. The molecule has 0 saturated carbocycles. The van der Waals surface area contributed by atoms with E-state index in [2.05, 4.69) is 29.2 Å². The molecule has 2 aromatic rings. The molecule has 5 nitrogen and oxygen atoms in total. The summed E-state index contributed by atoms with van der Waals surface area (Å²) < 4.78 is 7.10. The van der Waals surface area contributed by atoms with E-state index in [0.29, 0.717) is 10.8 Å². The van der Waals surface area contributed by atoms with Crippen LogP contribution in [0.15, 0.2) is 24.5 Å². The fourth-order valence-corrected chi connectivity index (χ4v) is 1.99. The zero-order chi connectivity index (χ0) is 13.8. The third-order valence-corrected chi connectivity index (χ3v) is 3.04. The molecule has 1 unspecified atom stereocenters. The Morgan fingerprint density at radius 3 is 2.84 bits per heavy atom. The van der Waals surface area contributed by atoms with Crippen LogP contribution in [-0.2, 0) is 7.05 Å². The van der Waals surface area contributed by atoms with Gasteiger partial charge in [0.05, 0.1) is 5.02 Å². The summed E-state index contributed by atoms with van der Waals surface area (Å²) in [5.41, 5.74) is 1.12. The van der Waals surface area contributed by atoms with Crippen molar-refractivity contribution in [3.05, 3.63) is 35.1 Å². The van der Waals surface area contributed by atoms with E-state index in [1.807, 2.05) is 18.2 Å². The Morgan fingerprint density at radius 2 is 2.26 bits per heavy atom. The maximum atomic E-state index is 6.22. The number of aryl methyl sites for hydroxylation is 1. The van der Waals surface area contributed by atoms with E-state index in [1.165, 1.54) is 0 Å². The second kappa shape index (κ2) is 6.04. The molecule has 0 saturated heterocycles. The number of benzene rings is 1. The van der Waals surface area contributed by atoms with Crippen molar-refractivity contribution < 1.29 is 4.74 Å². The van der Waals surface area contributed by atoms with Crippen LogP contribution in [-0.4, -0.2) is 21.3 Å². The molecule has 0 amide bonds. The van der Waals surface area contributed by atoms with Crippen LogP contribution in [0.1, 0.15) is 25.5 Å². The number of aromatic nitrogens is 3. The van der Waals surface area contributed by atoms with Crippen LogP contribution >= 0.6 is 11.6 Å². The Kier molecular flexibility index (Phi) is 4.39. The van der Waals surface area contributed by atoms with E-state index in [0.717, 1.165) is 12.1 Å². The first-order chi connectivity index (χ1) is 9.10. The van der Waals surface area contributed by atoms with Gasteiger partial charge in [0.25, 0.3) is 0 Å². The van der Waals surface area contributed by atoms with E-state index in [1.54, 1.807) is 18.1 Å². The van der Waals surface area contributed by atoms with Crippen molar-refractivity contribution >= 4 is 11.6 Å². The largest absolute Gasteiger partial charge is 0.422 e. The molecule has 1 aromatic carbocycles. The number of hydrogen-bond donors (Lipinski definition) is 1. The lowest BCUT2D eigenvalue weighted by atomic mass is 10.1. The lowest BCUT2D eigenvalue weighted by Crippen LogP contribution is -2.17. The first-order valence-corrected chi connectivity index (χ1v) is 6.54. The van der Waals surface area contributed by atoms with E-state index in [9.17, 15) is 0 Å². The van der Waals surface area contributed by atoms with Gasteiger partial charge >= 0.3 is 6.01 Å². The SMILES string of the molecule is CCNC(C)c1ccc(Oc2ncn(C)n2)c(Cl)c1. The molecule has 0 radical (unpaired) electrons. The summed E-state index contributed by atoms with van der Waals surface area (Å²) in [5, 5.41) is 7.93. The molecule has 102 valence electrons. The Balaban J connectivity index is 2.15. The van der Waals surface area contributed by atoms with Gasteiger partial charge in [-0.2, -0.15) is 4.98 Å². The van der Waals surface area contributed by atoms with E-state index >= 15 is 0 Å². The second-order valence-corrected chi connectivity index (χ2v) is 4.68. The van der Waals surface area contributed by atoms with Crippen molar-refractivity contribution in [2.24, 2.45) is 7.05 Å². The molecule has 19 heavy (non-hydrogen) atoms. The smallest absolute Gasteiger partial charge is 0.341 e. The fourth-order valence-electron chi connectivity index (χ4n) is 1.76. The molecule has 6 heteroatoms. The van der Waals surface area contributed by atoms with Gasteiger partial charge in [-0.25, -0.2) is 0 Å². The van der Waals surface area contributed by atoms with Gasteiger partial charge in [0.15, 0.2) is 0 Å². The summed E-state index contributed by atoms with van der Waals surface area (Å²) >= 11 is 6.22. The van der Waals surface area contributed by atoms with Crippen molar-refractivity contribution in [2.45, 2.75) is 19.9 Å². The molecule has 0 aliphatic heterocycles. The average molecular weight is 281 g/mol. The van der Waals surface area contributed by atoms with Crippen LogP contribution in [0.25, 0.3) is 0 Å². The summed E-state index contributed by atoms with van der Waals surface area (Å²) in [4.78, 5) is 4.00. The number of rotatable bonds is 5. The van der Waals surface area contributed by atoms with Gasteiger partial charge in [0.2, 0.25) is 0 Å². The number of hydrogen-bond acceptors (Lipinski definition) is 4. The van der Waals surface area contributed by atoms with Crippen LogP contribution in [0.5, 0.6) is 11.8 Å². The van der Waals surface area contributed by atoms with Crippen molar-refractivity contribution in [1.82, 2.24) is 20.1 Å². The molecule has 0 spiro atoms. The van der Waals surface area contributed by atoms with Gasteiger partial charge in [-0.1, -0.05) is 24.6 Å². The van der Waals surface area contributed by atoms with Crippen molar-refractivity contribution in [1.29, 1.82) is 0 Å². The number of halogens is 1. The Hall–Kier alpha value is -1.59. The predicted molar refractivity (Wildman–Crippen MR) is 74.6 cm³/mol. The van der Waals surface area contributed by atoms with Gasteiger partial charge in [-0.3, -0.25) is 4.68 Å². The van der Waals surface area contributed by atoms with Gasteiger partial charge in [-0.05, 0) is 31.2 Å². The fraction of sp³-hybridized carbons (Fsp3) is 0.385. The summed E-state index contributed by atoms with van der Waals surface area (Å²) in [6.07, 6.45) is 1.57. The standard InChI is InChI=1S/C13H17ClN4O/c1-4-15-9(2)10-5-6-12(11(14)7-10)19-13-16-8-18(3)17-13/h5-9,15H,4H2,1-3H3. The second-order valence-electron chi connectivity index (χ2n) is 4.27. The van der Waals surface area contributed by atoms with Crippen LogP contribution in [0.2, 0.25) is 5.02 Å². The zero-order valence-corrected chi connectivity index (χ0v) is 12.0. The Bertz CT molecular complexity index is 555. The average Bonchev–Trinajstić information content (AvgIpc) is 2.78. The molecule has 0 aliphatic carbocycles. The summed E-state index contributed by atoms with van der Waals surface area (Å²) in [5.74, 6) is 0.556. The molecular weight excluding hydrogens is 264 g/mol. The third kappa shape index (κ3) is 3.45. The third-order valence-electron chi connectivity index (χ3n) is 2.75. The van der Waals surface area contributed by atoms with E-state index in [-0.39, 0.29) is 12.1 Å². The predicted octanol–water partition coefficient (Wildman–Crippen LogP) is 2.93. The Labute approximate surface area is 117 Å². The van der Waals surface area contributed by atoms with Crippen LogP contribution in [0.4, 0.5) is 0 Å². The summed E-state index contributed by atoms with van der Waals surface area (Å²) in [7, 11) is 1.78. The van der Waals surface area contributed by atoms with Crippen LogP contribution in [0, 0.1) is 0 Å². The number of ether oxygens (including phenoxy) is 1. The molecule has 0 fully saturated rings. The zero-order valence-electron chi connectivity index (χ0n) is 11.2. The minimum Gasteiger partial charge on any atom is -0.422 e. The van der Waals surface area contributed by atoms with E-state index in [4.69, 9.17) is 16.3 Å². The normalized spacial score (nSPS) is 12.4. The maximum absolute atomic E-state index is 6.22. The molecule has 0 aliphatic rings. The Morgan fingerprint density at radius 1 is 1.47 bits per heavy atom. The molecule has 1 aromatic heterocycles. The topological polar surface area (TPSA) is 52.0 Å². The van der Waals surface area contributed by atoms with Crippen molar-refractivity contribution in [3.63, 3.8) is 0 Å². The highest BCUT2D eigenvalue weighted by Crippen LogP contribution is 2.30. The van der Waals surface area contributed by atoms with E-state index < -0.39 is 0 Å². The molecule has 1 N–H and O–H groups in total. The van der Waals surface area contributed by atoms with Gasteiger partial charge < -0.3 is 10.1 Å². The molecule has 1 heterocycles. The monoisotopic (exact) mass is 280 g/mol. The van der Waals surface area contributed by atoms with Gasteiger partial charge in [0, 0.05) is 13.1 Å². The highest BCUT2D eigenvalue weighted by Gasteiger charge is 2.10. The number of nitrogens with one attached hydrogen (secondary N) is 1. The lowest BCUT2D eigenvalue weighted by Gasteiger charge is -2.14. The highest BCUT2D eigenvalue weighted by atomic mass is 35.5. The first-order valence-electron chi connectivity index (χ1n) is 6.16. The van der Waals surface area contributed by atoms with Crippen LogP contribution in [0.3, 0.4) is 0 Å². The quantitative estimate of drug-likeness (QED) is 0.915. The van der Waals surface area contributed by atoms with Crippen molar-refractivity contribution in [3.8, 4) is 11.8 Å². The number of nitrogens with zero attached hydrogens (tertiary/aromatic N) is 3. The molecule has 0 bridgehead atoms. The van der Waals surface area contributed by atoms with Gasteiger partial charge in [0.1, 0.15) is 12.1 Å². The molecule has 2 rings (SSSR count). The summed E-state index contributed by atoms with van der Waals surface area (Å²) in [6.45, 7) is 5.08. The first kappa shape index (κ1) is 13.8. The maximum Gasteiger partial charge on any atom is 0.341 e. The lowest BCUT2D eigenvalue weighted by molar-refractivity contribution is 0.438. The molecular formula is C13H17ClN4O. The van der Waals surface area contributed by atoms with Gasteiger partial charge in [-0.15, -0.1) is 5.10 Å². The summed E-state index contributed by atoms with van der Waals surface area (Å²) in [6, 6.07) is 6.26.